The Morgan fingerprint density at radius 2 is 1.94 bits per heavy atom. The minimum atomic E-state index is 0.266. The monoisotopic (exact) mass is 242 g/mol. The first kappa shape index (κ1) is 12.3. The highest BCUT2D eigenvalue weighted by Gasteiger charge is 2.04. The van der Waals surface area contributed by atoms with Crippen molar-refractivity contribution in [1.29, 1.82) is 0 Å². The molecule has 0 unspecified atom stereocenters. The van der Waals surface area contributed by atoms with Gasteiger partial charge < -0.3 is 16.2 Å². The highest BCUT2D eigenvalue weighted by molar-refractivity contribution is 5.55. The van der Waals surface area contributed by atoms with E-state index in [2.05, 4.69) is 25.2 Å². The Balaban J connectivity index is 2.16. The Morgan fingerprint density at radius 3 is 2.72 bits per heavy atom. The Labute approximate surface area is 107 Å². The van der Waals surface area contributed by atoms with Gasteiger partial charge in [-0.05, 0) is 49.2 Å². The van der Waals surface area contributed by atoms with Crippen molar-refractivity contribution in [3.8, 4) is 5.75 Å². The van der Waals surface area contributed by atoms with Crippen LogP contribution in [0.3, 0.4) is 0 Å². The van der Waals surface area contributed by atoms with Crippen molar-refractivity contribution in [2.45, 2.75) is 20.4 Å². The molecule has 0 aliphatic carbocycles. The molecule has 2 aromatic carbocycles. The zero-order chi connectivity index (χ0) is 13.1. The molecule has 2 aromatic rings. The molecule has 0 radical (unpaired) electrons. The van der Waals surface area contributed by atoms with Gasteiger partial charge in [0.05, 0.1) is 0 Å². The molecule has 0 saturated carbocycles. The quantitative estimate of drug-likeness (QED) is 0.572. The largest absolute Gasteiger partial charge is 0.508 e. The highest BCUT2D eigenvalue weighted by Crippen LogP contribution is 2.23. The van der Waals surface area contributed by atoms with Crippen LogP contribution in [0.15, 0.2) is 36.4 Å². The van der Waals surface area contributed by atoms with Crippen molar-refractivity contribution in [1.82, 2.24) is 0 Å². The maximum absolute atomic E-state index is 9.74. The molecule has 0 amide bonds. The van der Waals surface area contributed by atoms with Gasteiger partial charge in [0.15, 0.2) is 0 Å². The van der Waals surface area contributed by atoms with Crippen LogP contribution in [-0.4, -0.2) is 5.11 Å². The summed E-state index contributed by atoms with van der Waals surface area (Å²) in [6, 6.07) is 11.2. The second-order valence-corrected chi connectivity index (χ2v) is 4.49. The van der Waals surface area contributed by atoms with Crippen LogP contribution in [0.5, 0.6) is 5.75 Å². The summed E-state index contributed by atoms with van der Waals surface area (Å²) in [6.07, 6.45) is 0. The molecule has 0 aromatic heterocycles. The number of rotatable bonds is 3. The minimum Gasteiger partial charge on any atom is -0.508 e. The summed E-state index contributed by atoms with van der Waals surface area (Å²) in [6.45, 7) is 4.72. The predicted octanol–water partition coefficient (Wildman–Crippen LogP) is 3.20. The van der Waals surface area contributed by atoms with Gasteiger partial charge >= 0.3 is 0 Å². The molecule has 2 rings (SSSR count). The van der Waals surface area contributed by atoms with E-state index in [1.807, 2.05) is 12.1 Å². The average Bonchev–Trinajstić information content (AvgIpc) is 2.35. The zero-order valence-corrected chi connectivity index (χ0v) is 10.7. The first-order chi connectivity index (χ1) is 8.58. The van der Waals surface area contributed by atoms with Gasteiger partial charge in [-0.25, -0.2) is 0 Å². The number of benzene rings is 2. The van der Waals surface area contributed by atoms with E-state index in [0.29, 0.717) is 12.2 Å². The third kappa shape index (κ3) is 2.56. The summed E-state index contributed by atoms with van der Waals surface area (Å²) in [4.78, 5) is 0. The fourth-order valence-corrected chi connectivity index (χ4v) is 1.88. The first-order valence-corrected chi connectivity index (χ1v) is 5.95. The first-order valence-electron chi connectivity index (χ1n) is 5.95. The van der Waals surface area contributed by atoms with E-state index in [1.54, 1.807) is 18.2 Å². The molecular formula is C15H18N2O. The standard InChI is InChI=1S/C15H18N2O/c1-10-4-3-5-14(11(10)2)17-9-12-8-13(16)6-7-15(12)18/h3-8,17-18H,9,16H2,1-2H3. The second-order valence-electron chi connectivity index (χ2n) is 4.49. The van der Waals surface area contributed by atoms with Gasteiger partial charge in [-0.15, -0.1) is 0 Å². The van der Waals surface area contributed by atoms with Crippen molar-refractivity contribution >= 4 is 11.4 Å². The number of nitrogens with one attached hydrogen (secondary N) is 1. The number of nitrogens with two attached hydrogens (primary N) is 1. The van der Waals surface area contributed by atoms with Crippen LogP contribution in [0, 0.1) is 13.8 Å². The topological polar surface area (TPSA) is 58.3 Å². The number of nitrogen functional groups attached to an aromatic ring is 1. The number of phenols is 1. The van der Waals surface area contributed by atoms with Crippen LogP contribution >= 0.6 is 0 Å². The molecular weight excluding hydrogens is 224 g/mol. The van der Waals surface area contributed by atoms with Crippen LogP contribution in [-0.2, 0) is 6.54 Å². The third-order valence-corrected chi connectivity index (χ3v) is 3.18. The fraction of sp³-hybridized carbons (Fsp3) is 0.200. The van der Waals surface area contributed by atoms with Crippen molar-refractivity contribution in [3.05, 3.63) is 53.1 Å². The van der Waals surface area contributed by atoms with Crippen LogP contribution in [0.4, 0.5) is 11.4 Å². The second kappa shape index (κ2) is 5.00. The fourth-order valence-electron chi connectivity index (χ4n) is 1.88. The minimum absolute atomic E-state index is 0.266. The normalized spacial score (nSPS) is 10.3. The summed E-state index contributed by atoms with van der Waals surface area (Å²) >= 11 is 0. The van der Waals surface area contributed by atoms with E-state index in [1.165, 1.54) is 11.1 Å². The lowest BCUT2D eigenvalue weighted by atomic mass is 10.1. The van der Waals surface area contributed by atoms with Gasteiger partial charge in [-0.2, -0.15) is 0 Å². The van der Waals surface area contributed by atoms with Gasteiger partial charge in [-0.3, -0.25) is 0 Å². The summed E-state index contributed by atoms with van der Waals surface area (Å²) < 4.78 is 0. The summed E-state index contributed by atoms with van der Waals surface area (Å²) in [5.74, 6) is 0.266. The molecule has 94 valence electrons. The molecule has 0 heterocycles. The molecule has 18 heavy (non-hydrogen) atoms. The maximum atomic E-state index is 9.74. The van der Waals surface area contributed by atoms with Crippen LogP contribution < -0.4 is 11.1 Å². The van der Waals surface area contributed by atoms with Gasteiger partial charge in [0.25, 0.3) is 0 Å². The van der Waals surface area contributed by atoms with Crippen LogP contribution in [0.1, 0.15) is 16.7 Å². The molecule has 0 atom stereocenters. The SMILES string of the molecule is Cc1cccc(NCc2cc(N)ccc2O)c1C. The van der Waals surface area contributed by atoms with Crippen LogP contribution in [0.25, 0.3) is 0 Å². The number of phenolic OH excluding ortho intramolecular Hbond substituents is 1. The van der Waals surface area contributed by atoms with Crippen molar-refractivity contribution in [2.75, 3.05) is 11.1 Å². The highest BCUT2D eigenvalue weighted by atomic mass is 16.3. The number of hydrogen-bond acceptors (Lipinski definition) is 3. The molecule has 0 aliphatic rings. The molecule has 3 nitrogen and oxygen atoms in total. The number of aromatic hydroxyl groups is 1. The molecule has 0 saturated heterocycles. The van der Waals surface area contributed by atoms with Crippen LogP contribution in [0.2, 0.25) is 0 Å². The number of aryl methyl sites for hydroxylation is 1. The summed E-state index contributed by atoms with van der Waals surface area (Å²) in [5.41, 5.74) is 10.7. The molecule has 0 spiro atoms. The Morgan fingerprint density at radius 1 is 1.17 bits per heavy atom. The number of anilines is 2. The van der Waals surface area contributed by atoms with E-state index in [9.17, 15) is 5.11 Å². The van der Waals surface area contributed by atoms with Gasteiger partial charge in [0.1, 0.15) is 5.75 Å². The van der Waals surface area contributed by atoms with Crippen molar-refractivity contribution in [2.24, 2.45) is 0 Å². The lowest BCUT2D eigenvalue weighted by molar-refractivity contribution is 0.469. The van der Waals surface area contributed by atoms with Gasteiger partial charge in [0, 0.05) is 23.5 Å². The van der Waals surface area contributed by atoms with E-state index in [0.717, 1.165) is 11.3 Å². The predicted molar refractivity (Wildman–Crippen MR) is 75.8 cm³/mol. The maximum Gasteiger partial charge on any atom is 0.120 e. The average molecular weight is 242 g/mol. The lowest BCUT2D eigenvalue weighted by Crippen LogP contribution is -2.02. The smallest absolute Gasteiger partial charge is 0.120 e. The van der Waals surface area contributed by atoms with Gasteiger partial charge in [0.2, 0.25) is 0 Å². The molecule has 0 bridgehead atoms. The Bertz CT molecular complexity index is 562. The molecule has 0 aliphatic heterocycles. The lowest BCUT2D eigenvalue weighted by Gasteiger charge is -2.12. The Hall–Kier alpha value is -2.16. The van der Waals surface area contributed by atoms with E-state index in [-0.39, 0.29) is 5.75 Å². The zero-order valence-electron chi connectivity index (χ0n) is 10.7. The molecule has 0 fully saturated rings. The summed E-state index contributed by atoms with van der Waals surface area (Å²) in [5, 5.41) is 13.1. The van der Waals surface area contributed by atoms with Crippen molar-refractivity contribution < 1.29 is 5.11 Å². The van der Waals surface area contributed by atoms with E-state index >= 15 is 0 Å². The number of hydrogen-bond donors (Lipinski definition) is 3. The van der Waals surface area contributed by atoms with Gasteiger partial charge in [-0.1, -0.05) is 12.1 Å². The van der Waals surface area contributed by atoms with E-state index in [4.69, 9.17) is 5.73 Å². The molecule has 4 N–H and O–H groups in total. The Kier molecular flexibility index (Phi) is 3.42. The van der Waals surface area contributed by atoms with E-state index < -0.39 is 0 Å². The van der Waals surface area contributed by atoms with Crippen molar-refractivity contribution in [3.63, 3.8) is 0 Å². The summed E-state index contributed by atoms with van der Waals surface area (Å²) in [7, 11) is 0. The third-order valence-electron chi connectivity index (χ3n) is 3.18. The molecule has 3 heteroatoms.